The molecular weight excluding hydrogens is 402 g/mol. The molecular formula is C25H25N5O2. The Morgan fingerprint density at radius 1 is 0.938 bits per heavy atom. The van der Waals surface area contributed by atoms with E-state index in [0.717, 1.165) is 29.7 Å². The Kier molecular flexibility index (Phi) is 5.31. The Morgan fingerprint density at radius 3 is 2.25 bits per heavy atom. The minimum atomic E-state index is -0.558. The van der Waals surface area contributed by atoms with Crippen LogP contribution < -0.4 is 11.1 Å². The van der Waals surface area contributed by atoms with Crippen LogP contribution in [0.15, 0.2) is 60.7 Å². The van der Waals surface area contributed by atoms with Crippen LogP contribution >= 0.6 is 0 Å². The summed E-state index contributed by atoms with van der Waals surface area (Å²) < 4.78 is 0. The molecule has 3 N–H and O–H groups in total. The van der Waals surface area contributed by atoms with Crippen LogP contribution in [0.2, 0.25) is 0 Å². The van der Waals surface area contributed by atoms with Gasteiger partial charge in [0.25, 0.3) is 11.8 Å². The van der Waals surface area contributed by atoms with Crippen molar-refractivity contribution >= 4 is 17.5 Å². The number of piperidine rings is 1. The highest BCUT2D eigenvalue weighted by Gasteiger charge is 2.37. The van der Waals surface area contributed by atoms with Gasteiger partial charge in [0.1, 0.15) is 0 Å². The molecule has 7 nitrogen and oxygen atoms in total. The monoisotopic (exact) mass is 427 g/mol. The van der Waals surface area contributed by atoms with Gasteiger partial charge in [-0.15, -0.1) is 0 Å². The highest BCUT2D eigenvalue weighted by molar-refractivity contribution is 5.98. The molecule has 1 atom stereocenters. The van der Waals surface area contributed by atoms with Crippen molar-refractivity contribution in [1.29, 1.82) is 0 Å². The molecule has 1 aromatic heterocycles. The lowest BCUT2D eigenvalue weighted by atomic mass is 9.83. The molecule has 3 heterocycles. The number of rotatable bonds is 4. The summed E-state index contributed by atoms with van der Waals surface area (Å²) >= 11 is 0. The second-order valence-corrected chi connectivity index (χ2v) is 8.37. The number of aromatic nitrogens is 2. The first-order chi connectivity index (χ1) is 15.6. The van der Waals surface area contributed by atoms with E-state index in [1.54, 1.807) is 0 Å². The number of amides is 2. The quantitative estimate of drug-likeness (QED) is 0.665. The van der Waals surface area contributed by atoms with E-state index in [-0.39, 0.29) is 17.5 Å². The lowest BCUT2D eigenvalue weighted by molar-refractivity contribution is 0.0679. The summed E-state index contributed by atoms with van der Waals surface area (Å²) in [6.45, 7) is 2.12. The number of nitrogens with zero attached hydrogens (tertiary/aromatic N) is 3. The summed E-state index contributed by atoms with van der Waals surface area (Å²) in [5.74, 6) is 0.560. The molecule has 162 valence electrons. The van der Waals surface area contributed by atoms with E-state index in [1.165, 1.54) is 0 Å². The van der Waals surface area contributed by atoms with Crippen LogP contribution in [0.5, 0.6) is 0 Å². The molecule has 2 aromatic carbocycles. The van der Waals surface area contributed by atoms with Crippen molar-refractivity contribution < 1.29 is 9.59 Å². The Labute approximate surface area is 186 Å². The normalized spacial score (nSPS) is 18.1. The molecule has 0 radical (unpaired) electrons. The highest BCUT2D eigenvalue weighted by atomic mass is 16.2. The van der Waals surface area contributed by atoms with Crippen molar-refractivity contribution in [2.24, 2.45) is 11.7 Å². The van der Waals surface area contributed by atoms with Crippen molar-refractivity contribution in [3.63, 3.8) is 0 Å². The third kappa shape index (κ3) is 3.70. The van der Waals surface area contributed by atoms with E-state index in [2.05, 4.69) is 10.3 Å². The van der Waals surface area contributed by atoms with Crippen LogP contribution in [0.4, 0.5) is 5.69 Å². The van der Waals surface area contributed by atoms with Gasteiger partial charge in [-0.2, -0.15) is 0 Å². The average molecular weight is 428 g/mol. The van der Waals surface area contributed by atoms with Crippen molar-refractivity contribution in [3.05, 3.63) is 77.6 Å². The van der Waals surface area contributed by atoms with Crippen LogP contribution in [-0.2, 0) is 0 Å². The van der Waals surface area contributed by atoms with Gasteiger partial charge in [-0.3, -0.25) is 9.59 Å². The summed E-state index contributed by atoms with van der Waals surface area (Å²) in [5, 5.41) is 3.33. The van der Waals surface area contributed by atoms with Crippen molar-refractivity contribution in [2.75, 3.05) is 25.0 Å². The smallest absolute Gasteiger partial charge is 0.269 e. The minimum Gasteiger partial charge on any atom is -0.381 e. The van der Waals surface area contributed by atoms with Gasteiger partial charge >= 0.3 is 0 Å². The summed E-state index contributed by atoms with van der Waals surface area (Å²) in [6.07, 6.45) is 1.78. The molecule has 7 heteroatoms. The first-order valence-corrected chi connectivity index (χ1v) is 11.0. The van der Waals surface area contributed by atoms with E-state index in [9.17, 15) is 9.59 Å². The Hall–Kier alpha value is -3.74. The molecule has 0 aliphatic carbocycles. The summed E-state index contributed by atoms with van der Waals surface area (Å²) in [6, 6.07) is 19.0. The number of hydrogen-bond acceptors (Lipinski definition) is 5. The molecule has 3 aromatic rings. The summed E-state index contributed by atoms with van der Waals surface area (Å²) in [7, 11) is 0. The standard InChI is InChI=1S/C25H25N5O2/c26-23(31)22-21-20(28-24(29-22)17-7-3-1-4-8-17)19(15-27-21)16-11-13-30(14-12-16)25(32)18-9-5-2-6-10-18/h1-10,16,19,27H,11-15H2,(H2,26,31). The largest absolute Gasteiger partial charge is 0.381 e. The fraction of sp³-hybridized carbons (Fsp3) is 0.280. The van der Waals surface area contributed by atoms with Gasteiger partial charge in [0, 0.05) is 36.7 Å². The van der Waals surface area contributed by atoms with E-state index >= 15 is 0 Å². The van der Waals surface area contributed by atoms with Gasteiger partial charge in [-0.05, 0) is 30.9 Å². The lowest BCUT2D eigenvalue weighted by Crippen LogP contribution is -2.40. The predicted octanol–water partition coefficient (Wildman–Crippen LogP) is 3.30. The molecule has 0 saturated carbocycles. The number of fused-ring (bicyclic) bond motifs is 1. The van der Waals surface area contributed by atoms with Crippen molar-refractivity contribution in [2.45, 2.75) is 18.8 Å². The number of likely N-dealkylation sites (tertiary alicyclic amines) is 1. The van der Waals surface area contributed by atoms with Crippen molar-refractivity contribution in [1.82, 2.24) is 14.9 Å². The van der Waals surface area contributed by atoms with E-state index in [1.807, 2.05) is 65.6 Å². The van der Waals surface area contributed by atoms with Gasteiger partial charge in [0.15, 0.2) is 11.5 Å². The number of carbonyl (C=O) groups excluding carboxylic acids is 2. The molecule has 0 bridgehead atoms. The Morgan fingerprint density at radius 2 is 1.59 bits per heavy atom. The van der Waals surface area contributed by atoms with E-state index in [0.29, 0.717) is 37.1 Å². The van der Waals surface area contributed by atoms with E-state index < -0.39 is 5.91 Å². The van der Waals surface area contributed by atoms with Crippen LogP contribution in [0.1, 0.15) is 45.3 Å². The van der Waals surface area contributed by atoms with Crippen LogP contribution in [-0.4, -0.2) is 46.3 Å². The van der Waals surface area contributed by atoms with E-state index in [4.69, 9.17) is 10.7 Å². The number of anilines is 1. The molecule has 0 spiro atoms. The maximum atomic E-state index is 12.8. The topological polar surface area (TPSA) is 101 Å². The molecule has 1 fully saturated rings. The molecule has 32 heavy (non-hydrogen) atoms. The maximum Gasteiger partial charge on any atom is 0.269 e. The molecule has 2 aliphatic rings. The maximum absolute atomic E-state index is 12.8. The fourth-order valence-corrected chi connectivity index (χ4v) is 4.78. The third-order valence-electron chi connectivity index (χ3n) is 6.47. The number of benzene rings is 2. The number of hydrogen-bond donors (Lipinski definition) is 2. The number of nitrogens with two attached hydrogens (primary N) is 1. The van der Waals surface area contributed by atoms with Gasteiger partial charge in [0.05, 0.1) is 11.4 Å². The molecule has 1 saturated heterocycles. The second kappa shape index (κ2) is 8.42. The average Bonchev–Trinajstić information content (AvgIpc) is 3.28. The molecule has 2 amide bonds. The zero-order valence-corrected chi connectivity index (χ0v) is 17.7. The van der Waals surface area contributed by atoms with Gasteiger partial charge in [-0.25, -0.2) is 9.97 Å². The van der Waals surface area contributed by atoms with Crippen LogP contribution in [0.25, 0.3) is 11.4 Å². The number of nitrogens with one attached hydrogen (secondary N) is 1. The van der Waals surface area contributed by atoms with Crippen molar-refractivity contribution in [3.8, 4) is 11.4 Å². The SMILES string of the molecule is NC(=O)c1nc(-c2ccccc2)nc2c1NCC2C1CCN(C(=O)c2ccccc2)CC1. The predicted molar refractivity (Wildman–Crippen MR) is 122 cm³/mol. The zero-order chi connectivity index (χ0) is 22.1. The summed E-state index contributed by atoms with van der Waals surface area (Å²) in [5.41, 5.74) is 8.99. The molecule has 5 rings (SSSR count). The van der Waals surface area contributed by atoms with Gasteiger partial charge < -0.3 is 16.0 Å². The Bertz CT molecular complexity index is 1140. The lowest BCUT2D eigenvalue weighted by Gasteiger charge is -2.34. The second-order valence-electron chi connectivity index (χ2n) is 8.37. The molecule has 1 unspecified atom stereocenters. The fourth-order valence-electron chi connectivity index (χ4n) is 4.78. The number of carbonyl (C=O) groups is 2. The zero-order valence-electron chi connectivity index (χ0n) is 17.7. The third-order valence-corrected chi connectivity index (χ3v) is 6.47. The van der Waals surface area contributed by atoms with Gasteiger partial charge in [-0.1, -0.05) is 48.5 Å². The minimum absolute atomic E-state index is 0.0821. The van der Waals surface area contributed by atoms with Gasteiger partial charge in [0.2, 0.25) is 0 Å². The van der Waals surface area contributed by atoms with Crippen LogP contribution in [0.3, 0.4) is 0 Å². The molecule has 2 aliphatic heterocycles. The first-order valence-electron chi connectivity index (χ1n) is 11.0. The number of primary amides is 1. The van der Waals surface area contributed by atoms with Crippen LogP contribution in [0, 0.1) is 5.92 Å². The highest BCUT2D eigenvalue weighted by Crippen LogP contribution is 2.41. The first kappa shape index (κ1) is 20.2. The Balaban J connectivity index is 1.38. The summed E-state index contributed by atoms with van der Waals surface area (Å²) in [4.78, 5) is 36.2.